The Kier molecular flexibility index (Phi) is 16.0. The average molecular weight is 615 g/mol. The summed E-state index contributed by atoms with van der Waals surface area (Å²) in [5, 5.41) is 11.6. The predicted molar refractivity (Wildman–Crippen MR) is 171 cm³/mol. The molecule has 11 heteroatoms. The van der Waals surface area contributed by atoms with Gasteiger partial charge >= 0.3 is 5.63 Å². The van der Waals surface area contributed by atoms with Gasteiger partial charge in [0.05, 0.1) is 7.11 Å². The molecule has 0 saturated carbocycles. The summed E-state index contributed by atoms with van der Waals surface area (Å²) in [6, 6.07) is 4.26. The fraction of sp³-hybridized carbons (Fsp3) is 0.606. The number of hydrogen-bond donors (Lipinski definition) is 4. The van der Waals surface area contributed by atoms with E-state index in [4.69, 9.17) is 9.15 Å². The van der Waals surface area contributed by atoms with E-state index in [1.807, 2.05) is 0 Å². The Labute approximate surface area is 260 Å². The summed E-state index contributed by atoms with van der Waals surface area (Å²) >= 11 is 0. The van der Waals surface area contributed by atoms with Crippen molar-refractivity contribution in [2.24, 2.45) is 5.92 Å². The number of hydrogen-bond acceptors (Lipinski definition) is 7. The quantitative estimate of drug-likeness (QED) is 0.129. The lowest BCUT2D eigenvalue weighted by Gasteiger charge is -2.25. The van der Waals surface area contributed by atoms with Crippen LogP contribution in [0.2, 0.25) is 0 Å². The van der Waals surface area contributed by atoms with Crippen molar-refractivity contribution in [3.63, 3.8) is 0 Å². The minimum Gasteiger partial charge on any atom is -0.497 e. The molecule has 0 saturated heterocycles. The molecule has 244 valence electrons. The van der Waals surface area contributed by atoms with Crippen LogP contribution in [0.25, 0.3) is 11.0 Å². The van der Waals surface area contributed by atoms with Crippen molar-refractivity contribution in [3.05, 3.63) is 40.2 Å². The van der Waals surface area contributed by atoms with Crippen LogP contribution in [-0.4, -0.2) is 55.9 Å². The highest BCUT2D eigenvalue weighted by molar-refractivity contribution is 6.00. The van der Waals surface area contributed by atoms with E-state index in [1.165, 1.54) is 13.2 Å². The topological polar surface area (TPSA) is 156 Å². The molecular formula is C33H50N4O7. The number of rotatable bonds is 20. The summed E-state index contributed by atoms with van der Waals surface area (Å²) < 4.78 is 10.5. The predicted octanol–water partition coefficient (Wildman–Crippen LogP) is 4.21. The van der Waals surface area contributed by atoms with E-state index < -0.39 is 29.5 Å². The first kappa shape index (κ1) is 36.3. The van der Waals surface area contributed by atoms with Crippen LogP contribution in [0.4, 0.5) is 0 Å². The summed E-state index contributed by atoms with van der Waals surface area (Å²) in [7, 11) is 1.49. The Morgan fingerprint density at radius 1 is 0.841 bits per heavy atom. The first-order valence-corrected chi connectivity index (χ1v) is 15.9. The minimum absolute atomic E-state index is 0.0591. The largest absolute Gasteiger partial charge is 0.497 e. The molecular weight excluding hydrogens is 564 g/mol. The van der Waals surface area contributed by atoms with Crippen LogP contribution in [-0.2, 0) is 14.4 Å². The van der Waals surface area contributed by atoms with Gasteiger partial charge in [-0.25, -0.2) is 4.79 Å². The van der Waals surface area contributed by atoms with E-state index in [0.717, 1.165) is 51.4 Å². The first-order chi connectivity index (χ1) is 21.1. The molecule has 4 amide bonds. The van der Waals surface area contributed by atoms with E-state index in [2.05, 4.69) is 35.1 Å². The number of carbonyl (C=O) groups is 4. The molecule has 0 aliphatic rings. The second-order valence-corrected chi connectivity index (χ2v) is 11.4. The van der Waals surface area contributed by atoms with Crippen LogP contribution in [0.15, 0.2) is 33.5 Å². The highest BCUT2D eigenvalue weighted by Gasteiger charge is 2.30. The maximum Gasteiger partial charge on any atom is 0.349 e. The van der Waals surface area contributed by atoms with Gasteiger partial charge in [0, 0.05) is 31.0 Å². The maximum atomic E-state index is 13.4. The van der Waals surface area contributed by atoms with Crippen LogP contribution in [0.5, 0.6) is 5.75 Å². The number of unbranched alkanes of at least 4 members (excludes halogenated alkanes) is 6. The number of ether oxygens (including phenoxy) is 1. The van der Waals surface area contributed by atoms with Gasteiger partial charge in [0.25, 0.3) is 5.91 Å². The normalized spacial score (nSPS) is 12.4. The van der Waals surface area contributed by atoms with Crippen LogP contribution < -0.4 is 31.6 Å². The molecule has 1 aromatic carbocycles. The summed E-state index contributed by atoms with van der Waals surface area (Å²) in [5.74, 6) is -1.81. The molecule has 11 nitrogen and oxygen atoms in total. The van der Waals surface area contributed by atoms with Crippen molar-refractivity contribution in [2.75, 3.05) is 20.2 Å². The Balaban J connectivity index is 2.12. The average Bonchev–Trinajstić information content (AvgIpc) is 3.00. The van der Waals surface area contributed by atoms with Crippen LogP contribution in [0.1, 0.15) is 102 Å². The molecule has 0 fully saturated rings. The van der Waals surface area contributed by atoms with Gasteiger partial charge in [0.15, 0.2) is 0 Å². The Morgan fingerprint density at radius 2 is 1.50 bits per heavy atom. The maximum absolute atomic E-state index is 13.4. The van der Waals surface area contributed by atoms with Gasteiger partial charge in [-0.3, -0.25) is 19.2 Å². The van der Waals surface area contributed by atoms with Crippen LogP contribution in [0.3, 0.4) is 0 Å². The Morgan fingerprint density at radius 3 is 2.11 bits per heavy atom. The molecule has 1 heterocycles. The lowest BCUT2D eigenvalue weighted by molar-refractivity contribution is -0.131. The second kappa shape index (κ2) is 19.4. The number of carbonyl (C=O) groups excluding carboxylic acids is 4. The molecule has 0 bridgehead atoms. The number of amides is 4. The van der Waals surface area contributed by atoms with Crippen LogP contribution in [0, 0.1) is 5.92 Å². The van der Waals surface area contributed by atoms with Gasteiger partial charge in [-0.15, -0.1) is 0 Å². The van der Waals surface area contributed by atoms with E-state index in [9.17, 15) is 24.0 Å². The third-order valence-electron chi connectivity index (χ3n) is 7.40. The number of nitrogens with one attached hydrogen (secondary N) is 4. The van der Waals surface area contributed by atoms with E-state index >= 15 is 0 Å². The fourth-order valence-electron chi connectivity index (χ4n) is 4.69. The SMILES string of the molecule is CCCCCCNC(=O)CC[C@H](NC(=O)[C@@H](NC(=O)c1cc2ccc(OC)cc2oc1=O)C(C)C)C(=O)NCCCCCC. The van der Waals surface area contributed by atoms with Crippen molar-refractivity contribution < 1.29 is 28.3 Å². The van der Waals surface area contributed by atoms with Gasteiger partial charge in [0.2, 0.25) is 17.7 Å². The van der Waals surface area contributed by atoms with E-state index in [0.29, 0.717) is 24.2 Å². The number of benzene rings is 1. The van der Waals surface area contributed by atoms with Crippen molar-refractivity contribution in [3.8, 4) is 5.75 Å². The van der Waals surface area contributed by atoms with Gasteiger partial charge in [0.1, 0.15) is 29.0 Å². The summed E-state index contributed by atoms with van der Waals surface area (Å²) in [6.07, 6.45) is 8.21. The number of fused-ring (bicyclic) bond motifs is 1. The zero-order chi connectivity index (χ0) is 32.5. The van der Waals surface area contributed by atoms with Crippen molar-refractivity contribution in [1.82, 2.24) is 21.3 Å². The molecule has 0 aliphatic carbocycles. The molecule has 0 aliphatic heterocycles. The molecule has 1 aromatic heterocycles. The van der Waals surface area contributed by atoms with Gasteiger partial charge in [-0.05, 0) is 43.4 Å². The molecule has 0 spiro atoms. The van der Waals surface area contributed by atoms with E-state index in [1.54, 1.807) is 32.0 Å². The highest BCUT2D eigenvalue weighted by atomic mass is 16.5. The standard InChI is InChI=1S/C33H50N4O7/c1-6-8-10-12-18-34-28(38)17-16-26(31(40)35-19-13-11-9-7-2)36-32(41)29(22(3)4)37-30(39)25-20-23-14-15-24(43-5)21-27(23)44-33(25)42/h14-15,20-22,26,29H,6-13,16-19H2,1-5H3,(H,34,38)(H,35,40)(H,36,41)(H,37,39)/t26-,29-/m0/s1. The molecule has 2 atom stereocenters. The number of methoxy groups -OCH3 is 1. The first-order valence-electron chi connectivity index (χ1n) is 15.9. The van der Waals surface area contributed by atoms with E-state index in [-0.39, 0.29) is 41.7 Å². The molecule has 2 aromatic rings. The molecule has 4 N–H and O–H groups in total. The second-order valence-electron chi connectivity index (χ2n) is 11.4. The third-order valence-corrected chi connectivity index (χ3v) is 7.40. The van der Waals surface area contributed by atoms with Crippen molar-refractivity contribution >= 4 is 34.6 Å². The van der Waals surface area contributed by atoms with Crippen molar-refractivity contribution in [2.45, 2.75) is 104 Å². The summed E-state index contributed by atoms with van der Waals surface area (Å²) in [4.78, 5) is 64.8. The zero-order valence-corrected chi connectivity index (χ0v) is 26.9. The molecule has 0 unspecified atom stereocenters. The smallest absolute Gasteiger partial charge is 0.349 e. The zero-order valence-electron chi connectivity index (χ0n) is 26.9. The van der Waals surface area contributed by atoms with Gasteiger partial charge < -0.3 is 30.4 Å². The van der Waals surface area contributed by atoms with Gasteiger partial charge in [-0.1, -0.05) is 66.2 Å². The fourth-order valence-corrected chi connectivity index (χ4v) is 4.69. The van der Waals surface area contributed by atoms with Crippen LogP contribution >= 0.6 is 0 Å². The minimum atomic E-state index is -1.05. The Hall–Kier alpha value is -3.89. The van der Waals surface area contributed by atoms with Crippen molar-refractivity contribution in [1.29, 1.82) is 0 Å². The summed E-state index contributed by atoms with van der Waals surface area (Å²) in [5.41, 5.74) is -0.845. The molecule has 0 radical (unpaired) electrons. The summed E-state index contributed by atoms with van der Waals surface area (Å²) in [6.45, 7) is 8.74. The lowest BCUT2D eigenvalue weighted by Crippen LogP contribution is -2.55. The van der Waals surface area contributed by atoms with Gasteiger partial charge in [-0.2, -0.15) is 0 Å². The monoisotopic (exact) mass is 614 g/mol. The molecule has 44 heavy (non-hydrogen) atoms. The Bertz CT molecular complexity index is 1290. The molecule has 2 rings (SSSR count). The third kappa shape index (κ3) is 12.0. The highest BCUT2D eigenvalue weighted by Crippen LogP contribution is 2.20. The lowest BCUT2D eigenvalue weighted by atomic mass is 10.0.